The van der Waals surface area contributed by atoms with E-state index in [9.17, 15) is 19.5 Å². The molecule has 32 heavy (non-hydrogen) atoms. The van der Waals surface area contributed by atoms with Crippen LogP contribution in [0.2, 0.25) is 0 Å². The molecule has 5 rings (SSSR count). The molecule has 160 valence electrons. The van der Waals surface area contributed by atoms with Crippen molar-refractivity contribution in [3.05, 3.63) is 88.0 Å². The Labute approximate surface area is 183 Å². The average molecular weight is 429 g/mol. The van der Waals surface area contributed by atoms with Crippen molar-refractivity contribution in [1.29, 1.82) is 0 Å². The molecular formula is C24H21N4O4+. The van der Waals surface area contributed by atoms with Crippen LogP contribution in [0, 0.1) is 18.8 Å². The number of nitrogens with one attached hydrogen (secondary N) is 2. The maximum absolute atomic E-state index is 13.2. The Bertz CT molecular complexity index is 1370. The molecule has 2 unspecified atom stereocenters. The van der Waals surface area contributed by atoms with Gasteiger partial charge >= 0.3 is 0 Å². The number of amides is 1. The lowest BCUT2D eigenvalue weighted by Gasteiger charge is -2.29. The van der Waals surface area contributed by atoms with Crippen LogP contribution >= 0.6 is 0 Å². The van der Waals surface area contributed by atoms with E-state index in [1.165, 1.54) is 9.69 Å². The molecule has 0 saturated heterocycles. The predicted molar refractivity (Wildman–Crippen MR) is 118 cm³/mol. The second kappa shape index (κ2) is 7.19. The maximum atomic E-state index is 13.2. The van der Waals surface area contributed by atoms with Crippen molar-refractivity contribution in [2.45, 2.75) is 13.8 Å². The van der Waals surface area contributed by atoms with Crippen molar-refractivity contribution in [2.75, 3.05) is 5.01 Å². The first kappa shape index (κ1) is 19.7. The standard InChI is InChI=1S/C24H20N4O4/c1-13-17(23(31)27(25-13)15-9-5-3-6-10-15)19-21(29)20(22(19)30)18-14(2)26-28(24(18)32)16-11-7-4-8-12-16/h3-12,17,19,26,29H,1-2H3/p+1. The number of aliphatic hydroxyl groups is 1. The van der Waals surface area contributed by atoms with Gasteiger partial charge in [0.05, 0.1) is 16.8 Å². The molecule has 2 heterocycles. The van der Waals surface area contributed by atoms with Gasteiger partial charge in [0, 0.05) is 12.6 Å². The summed E-state index contributed by atoms with van der Waals surface area (Å²) >= 11 is 0. The summed E-state index contributed by atoms with van der Waals surface area (Å²) in [5, 5.41) is 18.2. The summed E-state index contributed by atoms with van der Waals surface area (Å²) < 4.78 is 1.34. The highest BCUT2D eigenvalue weighted by atomic mass is 16.3. The molecule has 8 nitrogen and oxygen atoms in total. The number of nitrogens with zero attached hydrogens (tertiary/aromatic N) is 2. The molecule has 0 saturated carbocycles. The highest BCUT2D eigenvalue weighted by molar-refractivity contribution is 6.32. The number of hydrazone groups is 1. The first-order chi connectivity index (χ1) is 15.4. The number of Topliss-reactive ketones (excluding diaryl/α,β-unsaturated/α-hetero) is 1. The van der Waals surface area contributed by atoms with Gasteiger partial charge in [0.1, 0.15) is 23.3 Å². The topological polar surface area (TPSA) is 109 Å². The summed E-state index contributed by atoms with van der Waals surface area (Å²) in [4.78, 5) is 39.3. The van der Waals surface area contributed by atoms with Crippen molar-refractivity contribution in [3.8, 4) is 5.69 Å². The molecule has 0 fully saturated rings. The molecule has 2 aliphatic rings. The van der Waals surface area contributed by atoms with Crippen molar-refractivity contribution in [3.63, 3.8) is 0 Å². The number of hydrazine groups is 1. The zero-order valence-electron chi connectivity index (χ0n) is 17.5. The number of aromatic amines is 1. The van der Waals surface area contributed by atoms with Gasteiger partial charge in [0.2, 0.25) is 0 Å². The second-order valence-corrected chi connectivity index (χ2v) is 7.97. The van der Waals surface area contributed by atoms with Crippen molar-refractivity contribution < 1.29 is 19.8 Å². The van der Waals surface area contributed by atoms with Crippen LogP contribution in [0.1, 0.15) is 18.2 Å². The fourth-order valence-electron chi connectivity index (χ4n) is 4.43. The number of aromatic nitrogens is 2. The third-order valence-corrected chi connectivity index (χ3v) is 6.00. The van der Waals surface area contributed by atoms with Crippen molar-refractivity contribution in [2.24, 2.45) is 11.8 Å². The zero-order valence-corrected chi connectivity index (χ0v) is 17.5. The van der Waals surface area contributed by atoms with Gasteiger partial charge in [0.15, 0.2) is 11.5 Å². The van der Waals surface area contributed by atoms with Crippen LogP contribution in [-0.2, 0) is 9.59 Å². The van der Waals surface area contributed by atoms with E-state index < -0.39 is 23.2 Å². The smallest absolute Gasteiger partial charge is 0.297 e. The SMILES string of the molecule is CC1=[NH+]N(c2ccccc2)C(=O)C1C1C(=O)C(c2c(C)[nH]n(-c3ccccc3)c2=O)=C1O. The molecule has 1 aliphatic heterocycles. The van der Waals surface area contributed by atoms with Crippen LogP contribution in [0.15, 0.2) is 71.2 Å². The van der Waals surface area contributed by atoms with Gasteiger partial charge in [-0.05, 0) is 31.2 Å². The number of carbonyl (C=O) groups is 2. The Morgan fingerprint density at radius 3 is 2.06 bits per heavy atom. The van der Waals surface area contributed by atoms with Crippen LogP contribution in [0.4, 0.5) is 5.69 Å². The number of allylic oxidation sites excluding steroid dienone is 2. The van der Waals surface area contributed by atoms with E-state index in [4.69, 9.17) is 0 Å². The first-order valence-electron chi connectivity index (χ1n) is 10.2. The summed E-state index contributed by atoms with van der Waals surface area (Å²) in [5.41, 5.74) is 1.97. The minimum absolute atomic E-state index is 0.0257. The zero-order chi connectivity index (χ0) is 22.6. The number of H-pyrrole nitrogens is 1. The van der Waals surface area contributed by atoms with Crippen LogP contribution < -0.4 is 15.7 Å². The fourth-order valence-corrected chi connectivity index (χ4v) is 4.43. The van der Waals surface area contributed by atoms with E-state index in [0.717, 1.165) is 0 Å². The van der Waals surface area contributed by atoms with Gasteiger partial charge in [-0.1, -0.05) is 41.4 Å². The van der Waals surface area contributed by atoms with E-state index in [0.29, 0.717) is 22.8 Å². The third kappa shape index (κ3) is 2.76. The number of ketones is 1. The molecule has 0 spiro atoms. The molecule has 0 bridgehead atoms. The monoisotopic (exact) mass is 429 g/mol. The highest BCUT2D eigenvalue weighted by Gasteiger charge is 2.56. The number of rotatable bonds is 4. The fraction of sp³-hybridized carbons (Fsp3) is 0.167. The van der Waals surface area contributed by atoms with E-state index in [-0.39, 0.29) is 22.8 Å². The minimum Gasteiger partial charge on any atom is -0.511 e. The quantitative estimate of drug-likeness (QED) is 0.576. The Balaban J connectivity index is 1.51. The summed E-state index contributed by atoms with van der Waals surface area (Å²) in [6.45, 7) is 3.39. The molecular weight excluding hydrogens is 408 g/mol. The molecule has 3 aromatic rings. The number of para-hydroxylation sites is 2. The number of hydrogen-bond acceptors (Lipinski definition) is 4. The predicted octanol–water partition coefficient (Wildman–Crippen LogP) is 1.06. The number of anilines is 1. The molecule has 2 atom stereocenters. The molecule has 8 heteroatoms. The van der Waals surface area contributed by atoms with Gasteiger partial charge < -0.3 is 5.11 Å². The lowest BCUT2D eigenvalue weighted by molar-refractivity contribution is -0.455. The summed E-state index contributed by atoms with van der Waals surface area (Å²) in [6.07, 6.45) is 0. The Morgan fingerprint density at radius 1 is 0.875 bits per heavy atom. The number of benzene rings is 2. The van der Waals surface area contributed by atoms with Crippen LogP contribution in [0.25, 0.3) is 11.3 Å². The Kier molecular flexibility index (Phi) is 4.44. The Hall–Kier alpha value is -4.20. The number of carbonyl (C=O) groups excluding carboxylic acids is 2. The van der Waals surface area contributed by atoms with E-state index in [1.54, 1.807) is 50.2 Å². The molecule has 1 aliphatic carbocycles. The highest BCUT2D eigenvalue weighted by Crippen LogP contribution is 2.42. The van der Waals surface area contributed by atoms with Gasteiger partial charge in [-0.3, -0.25) is 19.5 Å². The normalized spacial score (nSPS) is 20.6. The van der Waals surface area contributed by atoms with Gasteiger partial charge in [-0.25, -0.2) is 4.68 Å². The maximum Gasteiger partial charge on any atom is 0.297 e. The summed E-state index contributed by atoms with van der Waals surface area (Å²) in [7, 11) is 0. The number of aliphatic hydroxyl groups excluding tert-OH is 1. The van der Waals surface area contributed by atoms with Gasteiger partial charge in [0.25, 0.3) is 11.5 Å². The minimum atomic E-state index is -1.02. The van der Waals surface area contributed by atoms with Gasteiger partial charge in [-0.2, -0.15) is 0 Å². The Morgan fingerprint density at radius 2 is 1.47 bits per heavy atom. The lowest BCUT2D eigenvalue weighted by Crippen LogP contribution is -2.81. The van der Waals surface area contributed by atoms with E-state index in [1.807, 2.05) is 24.3 Å². The molecule has 3 N–H and O–H groups in total. The third-order valence-electron chi connectivity index (χ3n) is 6.00. The first-order valence-corrected chi connectivity index (χ1v) is 10.2. The summed E-state index contributed by atoms with van der Waals surface area (Å²) in [6, 6.07) is 18.0. The largest absolute Gasteiger partial charge is 0.511 e. The lowest BCUT2D eigenvalue weighted by atomic mass is 9.70. The van der Waals surface area contributed by atoms with Crippen molar-refractivity contribution in [1.82, 2.24) is 9.78 Å². The van der Waals surface area contributed by atoms with Crippen LogP contribution in [0.3, 0.4) is 0 Å². The van der Waals surface area contributed by atoms with E-state index in [2.05, 4.69) is 10.2 Å². The molecule has 2 aromatic carbocycles. The number of aryl methyl sites for hydroxylation is 1. The van der Waals surface area contributed by atoms with Crippen molar-refractivity contribution >= 4 is 28.7 Å². The van der Waals surface area contributed by atoms with Gasteiger partial charge in [-0.15, -0.1) is 5.10 Å². The second-order valence-electron chi connectivity index (χ2n) is 7.97. The number of hydrogen-bond donors (Lipinski definition) is 3. The average Bonchev–Trinajstić information content (AvgIpc) is 3.26. The van der Waals surface area contributed by atoms with Crippen LogP contribution in [0.5, 0.6) is 0 Å². The van der Waals surface area contributed by atoms with E-state index >= 15 is 0 Å². The molecule has 0 radical (unpaired) electrons. The molecule has 1 aromatic heterocycles. The summed E-state index contributed by atoms with van der Waals surface area (Å²) in [5.74, 6) is -2.84. The van der Waals surface area contributed by atoms with Crippen LogP contribution in [-0.4, -0.2) is 32.3 Å². The molecule has 1 amide bonds.